The quantitative estimate of drug-likeness (QED) is 0.639. The van der Waals surface area contributed by atoms with Crippen LogP contribution in [-0.4, -0.2) is 5.55 Å². The molecular weight excluding hydrogens is 297 g/mol. The summed E-state index contributed by atoms with van der Waals surface area (Å²) in [6, 6.07) is 13.8. The molecule has 2 aromatic carbocycles. The first-order valence-corrected chi connectivity index (χ1v) is 7.33. The van der Waals surface area contributed by atoms with Gasteiger partial charge in [0, 0.05) is 15.5 Å². The minimum Gasteiger partial charge on any atom is -0.247 e. The van der Waals surface area contributed by atoms with Crippen molar-refractivity contribution in [1.82, 2.24) is 0 Å². The molecule has 0 N–H and O–H groups in total. The molecule has 1 heterocycles. The van der Waals surface area contributed by atoms with E-state index in [4.69, 9.17) is 23.2 Å². The molecule has 1 nitrogen and oxygen atoms in total. The Morgan fingerprint density at radius 2 is 1.84 bits per heavy atom. The summed E-state index contributed by atoms with van der Waals surface area (Å²) in [7, 11) is 0. The fraction of sp³-hybridized carbons (Fsp3) is 0. The average Bonchev–Trinajstić information content (AvgIpc) is 2.41. The van der Waals surface area contributed by atoms with Crippen molar-refractivity contribution >= 4 is 57.2 Å². The summed E-state index contributed by atoms with van der Waals surface area (Å²) in [6.07, 6.45) is 2.11. The summed E-state index contributed by atoms with van der Waals surface area (Å²) in [5, 5.41) is 1.21. The molecule has 0 unspecified atom stereocenters. The van der Waals surface area contributed by atoms with Gasteiger partial charge >= 0.3 is 0 Å². The highest BCUT2D eigenvalue weighted by atomic mass is 35.5. The third kappa shape index (κ3) is 2.71. The van der Waals surface area contributed by atoms with Crippen LogP contribution in [0, 0.1) is 0 Å². The third-order valence-electron chi connectivity index (χ3n) is 2.75. The Bertz CT molecular complexity index is 678. The number of nitrogens with zero attached hydrogens (tertiary/aromatic N) is 1. The van der Waals surface area contributed by atoms with Gasteiger partial charge in [-0.15, -0.1) is 0 Å². The number of hydrogen-bond acceptors (Lipinski definition) is 2. The highest BCUT2D eigenvalue weighted by molar-refractivity contribution is 8.20. The lowest BCUT2D eigenvalue weighted by Crippen LogP contribution is -1.89. The van der Waals surface area contributed by atoms with Gasteiger partial charge in [-0.1, -0.05) is 65.3 Å². The van der Waals surface area contributed by atoms with E-state index in [9.17, 15) is 0 Å². The molecule has 0 atom stereocenters. The minimum absolute atomic E-state index is 0.581. The van der Waals surface area contributed by atoms with Gasteiger partial charge in [-0.2, -0.15) is 0 Å². The first-order valence-electron chi connectivity index (χ1n) is 5.69. The minimum atomic E-state index is 0.581. The Labute approximate surface area is 126 Å². The SMILES string of the molecule is Clc1cc(Cl)c2c(c1)/C(=C/c1ccccc1)SC=N2. The van der Waals surface area contributed by atoms with Crippen LogP contribution in [0.1, 0.15) is 11.1 Å². The van der Waals surface area contributed by atoms with Gasteiger partial charge in [0.15, 0.2) is 0 Å². The summed E-state index contributed by atoms with van der Waals surface area (Å²) >= 11 is 13.8. The van der Waals surface area contributed by atoms with Crippen LogP contribution < -0.4 is 0 Å². The molecule has 1 aliphatic rings. The number of aliphatic imine (C=N–C) groups is 1. The number of thioether (sulfide) groups is 1. The molecule has 2 aromatic rings. The van der Waals surface area contributed by atoms with E-state index in [2.05, 4.69) is 23.2 Å². The van der Waals surface area contributed by atoms with Crippen molar-refractivity contribution < 1.29 is 0 Å². The molecule has 0 aromatic heterocycles. The number of halogens is 2. The molecule has 1 aliphatic heterocycles. The van der Waals surface area contributed by atoms with Gasteiger partial charge in [0.25, 0.3) is 0 Å². The summed E-state index contributed by atoms with van der Waals surface area (Å²) in [4.78, 5) is 5.43. The highest BCUT2D eigenvalue weighted by Crippen LogP contribution is 2.44. The maximum atomic E-state index is 6.18. The van der Waals surface area contributed by atoms with Crippen LogP contribution in [0.25, 0.3) is 11.0 Å². The van der Waals surface area contributed by atoms with E-state index in [0.29, 0.717) is 10.0 Å². The van der Waals surface area contributed by atoms with Crippen molar-refractivity contribution in [2.45, 2.75) is 0 Å². The smallest absolute Gasteiger partial charge is 0.0906 e. The monoisotopic (exact) mass is 305 g/mol. The van der Waals surface area contributed by atoms with Gasteiger partial charge in [0.05, 0.1) is 16.3 Å². The number of fused-ring (bicyclic) bond motifs is 1. The van der Waals surface area contributed by atoms with E-state index in [-0.39, 0.29) is 0 Å². The standard InChI is InChI=1S/C15H9Cl2NS/c16-11-7-12-14(6-10-4-2-1-3-5-10)19-9-18-15(12)13(17)8-11/h1-9H/b14-6-. The maximum absolute atomic E-state index is 6.18. The van der Waals surface area contributed by atoms with Gasteiger partial charge < -0.3 is 0 Å². The van der Waals surface area contributed by atoms with E-state index in [0.717, 1.165) is 21.7 Å². The van der Waals surface area contributed by atoms with Crippen molar-refractivity contribution in [1.29, 1.82) is 0 Å². The fourth-order valence-electron chi connectivity index (χ4n) is 1.90. The van der Waals surface area contributed by atoms with Crippen LogP contribution in [0.15, 0.2) is 47.5 Å². The Balaban J connectivity index is 2.13. The van der Waals surface area contributed by atoms with Crippen LogP contribution in [0.2, 0.25) is 10.0 Å². The molecule has 0 amide bonds. The maximum Gasteiger partial charge on any atom is 0.0906 e. The lowest BCUT2D eigenvalue weighted by atomic mass is 10.1. The Hall–Kier alpha value is -1.22. The molecule has 94 valence electrons. The molecule has 4 heteroatoms. The largest absolute Gasteiger partial charge is 0.247 e. The van der Waals surface area contributed by atoms with E-state index < -0.39 is 0 Å². The topological polar surface area (TPSA) is 12.4 Å². The van der Waals surface area contributed by atoms with Gasteiger partial charge in [0.2, 0.25) is 0 Å². The molecular formula is C15H9Cl2NS. The van der Waals surface area contributed by atoms with Crippen molar-refractivity contribution in [2.24, 2.45) is 4.99 Å². The summed E-state index contributed by atoms with van der Waals surface area (Å²) in [5.74, 6) is 0. The second kappa shape index (κ2) is 5.41. The van der Waals surface area contributed by atoms with Crippen molar-refractivity contribution in [3.8, 4) is 0 Å². The summed E-state index contributed by atoms with van der Waals surface area (Å²) in [5.41, 5.74) is 4.71. The first-order chi connectivity index (χ1) is 9.24. The van der Waals surface area contributed by atoms with Gasteiger partial charge in [-0.25, -0.2) is 4.99 Å². The molecule has 0 saturated heterocycles. The number of benzene rings is 2. The molecule has 0 radical (unpaired) electrons. The zero-order chi connectivity index (χ0) is 13.2. The second-order valence-corrected chi connectivity index (χ2v) is 5.79. The van der Waals surface area contributed by atoms with Crippen molar-refractivity contribution in [3.05, 3.63) is 63.6 Å². The number of rotatable bonds is 1. The van der Waals surface area contributed by atoms with E-state index in [1.54, 1.807) is 23.4 Å². The second-order valence-electron chi connectivity index (χ2n) is 4.06. The molecule has 0 aliphatic carbocycles. The Morgan fingerprint density at radius 3 is 2.63 bits per heavy atom. The highest BCUT2D eigenvalue weighted by Gasteiger charge is 2.16. The van der Waals surface area contributed by atoms with Crippen LogP contribution in [0.3, 0.4) is 0 Å². The molecule has 0 bridgehead atoms. The van der Waals surface area contributed by atoms with Crippen LogP contribution in [0.5, 0.6) is 0 Å². The predicted molar refractivity (Wildman–Crippen MR) is 86.5 cm³/mol. The Morgan fingerprint density at radius 1 is 1.05 bits per heavy atom. The van der Waals surface area contributed by atoms with Crippen LogP contribution in [0.4, 0.5) is 5.69 Å². The molecule has 0 fully saturated rings. The van der Waals surface area contributed by atoms with Crippen molar-refractivity contribution in [3.63, 3.8) is 0 Å². The van der Waals surface area contributed by atoms with Crippen LogP contribution >= 0.6 is 35.0 Å². The molecule has 0 spiro atoms. The Kier molecular flexibility index (Phi) is 3.65. The van der Waals surface area contributed by atoms with Crippen molar-refractivity contribution in [2.75, 3.05) is 0 Å². The van der Waals surface area contributed by atoms with Gasteiger partial charge in [-0.3, -0.25) is 0 Å². The fourth-order valence-corrected chi connectivity index (χ4v) is 3.20. The molecule has 0 saturated carbocycles. The van der Waals surface area contributed by atoms with Gasteiger partial charge in [0.1, 0.15) is 0 Å². The molecule has 19 heavy (non-hydrogen) atoms. The lowest BCUT2D eigenvalue weighted by molar-refractivity contribution is 1.51. The first kappa shape index (κ1) is 12.8. The van der Waals surface area contributed by atoms with Gasteiger partial charge in [-0.05, 0) is 23.8 Å². The number of hydrogen-bond donors (Lipinski definition) is 0. The van der Waals surface area contributed by atoms with E-state index in [1.807, 2.05) is 24.3 Å². The zero-order valence-electron chi connectivity index (χ0n) is 9.81. The normalized spacial score (nSPS) is 15.6. The lowest BCUT2D eigenvalue weighted by Gasteiger charge is -2.14. The summed E-state index contributed by atoms with van der Waals surface area (Å²) < 4.78 is 0. The third-order valence-corrected chi connectivity index (χ3v) is 4.06. The average molecular weight is 306 g/mol. The molecule has 3 rings (SSSR count). The zero-order valence-corrected chi connectivity index (χ0v) is 12.1. The summed E-state index contributed by atoms with van der Waals surface area (Å²) in [6.45, 7) is 0. The van der Waals surface area contributed by atoms with E-state index >= 15 is 0 Å². The van der Waals surface area contributed by atoms with Crippen LogP contribution in [-0.2, 0) is 0 Å². The predicted octanol–water partition coefficient (Wildman–Crippen LogP) is 5.90. The van der Waals surface area contributed by atoms with E-state index in [1.165, 1.54) is 0 Å².